The number of rotatable bonds is 4. The number of hydrogen-bond donors (Lipinski definition) is 1. The van der Waals surface area contributed by atoms with Crippen LogP contribution in [0.3, 0.4) is 0 Å². The highest BCUT2D eigenvalue weighted by atomic mass is 15.1. The first kappa shape index (κ1) is 11.5. The van der Waals surface area contributed by atoms with Crippen LogP contribution in [0.25, 0.3) is 0 Å². The number of anilines is 2. The van der Waals surface area contributed by atoms with Crippen LogP contribution in [-0.2, 0) is 13.6 Å². The van der Waals surface area contributed by atoms with Gasteiger partial charge in [-0.15, -0.1) is 0 Å². The fourth-order valence-electron chi connectivity index (χ4n) is 1.62. The largest absolute Gasteiger partial charge is 0.379 e. The number of aromatic nitrogens is 2. The van der Waals surface area contributed by atoms with Crippen LogP contribution in [-0.4, -0.2) is 23.6 Å². The third-order valence-electron chi connectivity index (χ3n) is 2.77. The first-order valence-corrected chi connectivity index (χ1v) is 5.63. The van der Waals surface area contributed by atoms with Gasteiger partial charge >= 0.3 is 0 Å². The summed E-state index contributed by atoms with van der Waals surface area (Å²) in [5, 5.41) is 3.37. The quantitative estimate of drug-likeness (QED) is 0.873. The molecule has 0 aliphatic rings. The molecule has 0 bridgehead atoms. The van der Waals surface area contributed by atoms with Crippen molar-refractivity contribution in [3.05, 3.63) is 42.5 Å². The lowest BCUT2D eigenvalue weighted by Gasteiger charge is -2.13. The first-order chi connectivity index (χ1) is 8.16. The maximum Gasteiger partial charge on any atom is 0.0946 e. The summed E-state index contributed by atoms with van der Waals surface area (Å²) in [7, 11) is 6.08. The van der Waals surface area contributed by atoms with Gasteiger partial charge in [0.1, 0.15) is 0 Å². The van der Waals surface area contributed by atoms with Crippen molar-refractivity contribution in [3.8, 4) is 0 Å². The summed E-state index contributed by atoms with van der Waals surface area (Å²) in [5.74, 6) is 0. The maximum atomic E-state index is 4.09. The molecule has 0 amide bonds. The number of hydrogen-bond acceptors (Lipinski definition) is 3. The maximum absolute atomic E-state index is 4.09. The Morgan fingerprint density at radius 1 is 1.24 bits per heavy atom. The van der Waals surface area contributed by atoms with Crippen LogP contribution in [0.15, 0.2) is 36.8 Å². The van der Waals surface area contributed by atoms with E-state index in [1.165, 1.54) is 11.4 Å². The van der Waals surface area contributed by atoms with E-state index in [0.717, 1.165) is 12.2 Å². The summed E-state index contributed by atoms with van der Waals surface area (Å²) in [6.07, 6.45) is 3.69. The fourth-order valence-corrected chi connectivity index (χ4v) is 1.62. The van der Waals surface area contributed by atoms with E-state index in [9.17, 15) is 0 Å². The Balaban J connectivity index is 1.98. The van der Waals surface area contributed by atoms with E-state index in [1.54, 1.807) is 0 Å². The highest BCUT2D eigenvalue weighted by molar-refractivity contribution is 5.54. The Morgan fingerprint density at radius 2 is 1.94 bits per heavy atom. The molecule has 4 nitrogen and oxygen atoms in total. The van der Waals surface area contributed by atoms with Crippen molar-refractivity contribution < 1.29 is 0 Å². The van der Waals surface area contributed by atoms with Gasteiger partial charge in [0.15, 0.2) is 0 Å². The molecule has 0 aliphatic heterocycles. The minimum atomic E-state index is 0.789. The Hall–Kier alpha value is -1.97. The lowest BCUT2D eigenvalue weighted by Crippen LogP contribution is -2.08. The number of nitrogens with zero attached hydrogens (tertiary/aromatic N) is 3. The molecule has 1 N–H and O–H groups in total. The minimum absolute atomic E-state index is 0.789. The summed E-state index contributed by atoms with van der Waals surface area (Å²) in [6.45, 7) is 0.789. The molecule has 0 spiro atoms. The molecule has 1 aromatic carbocycles. The first-order valence-electron chi connectivity index (χ1n) is 5.63. The minimum Gasteiger partial charge on any atom is -0.379 e. The standard InChI is InChI=1S/C13H18N4/c1-16(2)12-6-4-11(5-7-12)15-9-13-8-14-10-17(13)3/h4-8,10,15H,9H2,1-3H3. The molecule has 4 heteroatoms. The van der Waals surface area contributed by atoms with E-state index in [2.05, 4.69) is 39.5 Å². The van der Waals surface area contributed by atoms with Gasteiger partial charge in [-0.25, -0.2) is 4.98 Å². The summed E-state index contributed by atoms with van der Waals surface area (Å²) in [4.78, 5) is 6.18. The zero-order valence-electron chi connectivity index (χ0n) is 10.5. The molecule has 2 aromatic rings. The molecule has 0 atom stereocenters. The smallest absolute Gasteiger partial charge is 0.0946 e. The normalized spacial score (nSPS) is 10.3. The lowest BCUT2D eigenvalue weighted by molar-refractivity contribution is 0.837. The zero-order chi connectivity index (χ0) is 12.3. The third-order valence-corrected chi connectivity index (χ3v) is 2.77. The second kappa shape index (κ2) is 4.91. The van der Waals surface area contributed by atoms with Gasteiger partial charge in [-0.05, 0) is 24.3 Å². The van der Waals surface area contributed by atoms with Gasteiger partial charge in [-0.1, -0.05) is 0 Å². The topological polar surface area (TPSA) is 33.1 Å². The zero-order valence-corrected chi connectivity index (χ0v) is 10.5. The molecule has 0 aliphatic carbocycles. The van der Waals surface area contributed by atoms with Crippen LogP contribution >= 0.6 is 0 Å². The third kappa shape index (κ3) is 2.78. The van der Waals surface area contributed by atoms with Crippen molar-refractivity contribution >= 4 is 11.4 Å². The van der Waals surface area contributed by atoms with Gasteiger partial charge in [0.05, 0.1) is 18.6 Å². The van der Waals surface area contributed by atoms with E-state index >= 15 is 0 Å². The molecule has 17 heavy (non-hydrogen) atoms. The summed E-state index contributed by atoms with van der Waals surface area (Å²) < 4.78 is 2.02. The van der Waals surface area contributed by atoms with E-state index in [0.29, 0.717) is 0 Å². The monoisotopic (exact) mass is 230 g/mol. The van der Waals surface area contributed by atoms with Gasteiger partial charge in [-0.2, -0.15) is 0 Å². The van der Waals surface area contributed by atoms with Crippen LogP contribution in [0.4, 0.5) is 11.4 Å². The summed E-state index contributed by atoms with van der Waals surface area (Å²) >= 11 is 0. The average molecular weight is 230 g/mol. The molecule has 90 valence electrons. The lowest BCUT2D eigenvalue weighted by atomic mass is 10.2. The van der Waals surface area contributed by atoms with E-state index in [1.807, 2.05) is 38.2 Å². The number of benzene rings is 1. The predicted molar refractivity (Wildman–Crippen MR) is 71.3 cm³/mol. The Kier molecular flexibility index (Phi) is 3.32. The molecule has 0 saturated carbocycles. The van der Waals surface area contributed by atoms with Crippen molar-refractivity contribution in [2.75, 3.05) is 24.3 Å². The van der Waals surface area contributed by atoms with Crippen LogP contribution in [0, 0.1) is 0 Å². The van der Waals surface area contributed by atoms with Crippen LogP contribution < -0.4 is 10.2 Å². The SMILES string of the molecule is CN(C)c1ccc(NCc2cncn2C)cc1. The average Bonchev–Trinajstić information content (AvgIpc) is 2.73. The second-order valence-corrected chi connectivity index (χ2v) is 4.29. The molecule has 1 aromatic heterocycles. The van der Waals surface area contributed by atoms with Gasteiger partial charge in [0, 0.05) is 38.7 Å². The van der Waals surface area contributed by atoms with Crippen molar-refractivity contribution in [1.82, 2.24) is 9.55 Å². The summed E-state index contributed by atoms with van der Waals surface area (Å²) in [6, 6.07) is 8.38. The number of aryl methyl sites for hydroxylation is 1. The fraction of sp³-hybridized carbons (Fsp3) is 0.308. The molecular weight excluding hydrogens is 212 g/mol. The second-order valence-electron chi connectivity index (χ2n) is 4.29. The molecule has 0 fully saturated rings. The van der Waals surface area contributed by atoms with Crippen molar-refractivity contribution in [1.29, 1.82) is 0 Å². The van der Waals surface area contributed by atoms with E-state index < -0.39 is 0 Å². The van der Waals surface area contributed by atoms with Gasteiger partial charge in [-0.3, -0.25) is 0 Å². The van der Waals surface area contributed by atoms with Gasteiger partial charge in [0.25, 0.3) is 0 Å². The van der Waals surface area contributed by atoms with Gasteiger partial charge in [0.2, 0.25) is 0 Å². The van der Waals surface area contributed by atoms with Crippen LogP contribution in [0.5, 0.6) is 0 Å². The molecule has 0 saturated heterocycles. The Morgan fingerprint density at radius 3 is 2.47 bits per heavy atom. The highest BCUT2D eigenvalue weighted by Gasteiger charge is 1.99. The van der Waals surface area contributed by atoms with E-state index in [-0.39, 0.29) is 0 Å². The number of imidazole rings is 1. The van der Waals surface area contributed by atoms with Gasteiger partial charge < -0.3 is 14.8 Å². The summed E-state index contributed by atoms with van der Waals surface area (Å²) in [5.41, 5.74) is 3.49. The number of nitrogens with one attached hydrogen (secondary N) is 1. The van der Waals surface area contributed by atoms with Crippen LogP contribution in [0.2, 0.25) is 0 Å². The Bertz CT molecular complexity index is 470. The van der Waals surface area contributed by atoms with Crippen molar-refractivity contribution in [3.63, 3.8) is 0 Å². The molecular formula is C13H18N4. The van der Waals surface area contributed by atoms with E-state index in [4.69, 9.17) is 0 Å². The predicted octanol–water partition coefficient (Wildman–Crippen LogP) is 2.10. The van der Waals surface area contributed by atoms with Crippen molar-refractivity contribution in [2.24, 2.45) is 7.05 Å². The Labute approximate surface area is 102 Å². The molecule has 0 radical (unpaired) electrons. The molecule has 0 unspecified atom stereocenters. The van der Waals surface area contributed by atoms with Crippen molar-refractivity contribution in [2.45, 2.75) is 6.54 Å². The van der Waals surface area contributed by atoms with Crippen LogP contribution in [0.1, 0.15) is 5.69 Å². The highest BCUT2D eigenvalue weighted by Crippen LogP contribution is 2.16. The molecule has 1 heterocycles. The molecule has 2 rings (SSSR count).